The van der Waals surface area contributed by atoms with Crippen molar-refractivity contribution in [1.29, 1.82) is 0 Å². The standard InChI is InChI=1S/C13H14N3/c1-16(2)12(11-7-4-3-5-8-11)13-14-9-6-10-15-13/h3-4,6-10,12H,1-2H3. The van der Waals surface area contributed by atoms with Gasteiger partial charge in [0.1, 0.15) is 5.82 Å². The fraction of sp³-hybridized carbons (Fsp3) is 0.231. The maximum absolute atomic E-state index is 4.31. The maximum atomic E-state index is 4.31. The molecule has 2 aromatic rings. The Hall–Kier alpha value is -1.74. The van der Waals surface area contributed by atoms with Crippen LogP contribution < -0.4 is 0 Å². The lowest BCUT2D eigenvalue weighted by Gasteiger charge is -2.22. The normalized spacial score (nSPS) is 12.7. The van der Waals surface area contributed by atoms with E-state index in [1.807, 2.05) is 38.4 Å². The quantitative estimate of drug-likeness (QED) is 0.778. The van der Waals surface area contributed by atoms with Crippen molar-refractivity contribution < 1.29 is 0 Å². The van der Waals surface area contributed by atoms with Crippen LogP contribution in [-0.2, 0) is 0 Å². The van der Waals surface area contributed by atoms with Gasteiger partial charge in [0, 0.05) is 12.4 Å². The Morgan fingerprint density at radius 3 is 2.50 bits per heavy atom. The highest BCUT2D eigenvalue weighted by molar-refractivity contribution is 5.23. The molecule has 1 unspecified atom stereocenters. The fourth-order valence-electron chi connectivity index (χ4n) is 1.71. The second kappa shape index (κ2) is 4.86. The van der Waals surface area contributed by atoms with E-state index in [-0.39, 0.29) is 6.04 Å². The van der Waals surface area contributed by atoms with Crippen LogP contribution >= 0.6 is 0 Å². The highest BCUT2D eigenvalue weighted by Crippen LogP contribution is 2.22. The van der Waals surface area contributed by atoms with Gasteiger partial charge in [0.15, 0.2) is 0 Å². The van der Waals surface area contributed by atoms with E-state index in [1.54, 1.807) is 12.4 Å². The molecule has 0 amide bonds. The Labute approximate surface area is 95.8 Å². The van der Waals surface area contributed by atoms with Gasteiger partial charge in [-0.25, -0.2) is 9.97 Å². The fourth-order valence-corrected chi connectivity index (χ4v) is 1.71. The van der Waals surface area contributed by atoms with Crippen LogP contribution in [0.5, 0.6) is 0 Å². The minimum Gasteiger partial charge on any atom is -0.296 e. The lowest BCUT2D eigenvalue weighted by atomic mass is 10.1. The summed E-state index contributed by atoms with van der Waals surface area (Å²) < 4.78 is 0. The molecule has 0 aliphatic carbocycles. The first-order valence-corrected chi connectivity index (χ1v) is 5.18. The molecule has 16 heavy (non-hydrogen) atoms. The maximum Gasteiger partial charge on any atom is 0.149 e. The summed E-state index contributed by atoms with van der Waals surface area (Å²) in [4.78, 5) is 10.7. The summed E-state index contributed by atoms with van der Waals surface area (Å²) in [7, 11) is 4.04. The first-order chi connectivity index (χ1) is 7.79. The molecule has 3 heteroatoms. The smallest absolute Gasteiger partial charge is 0.149 e. The largest absolute Gasteiger partial charge is 0.296 e. The summed E-state index contributed by atoms with van der Waals surface area (Å²) in [6, 6.07) is 12.9. The molecule has 0 aliphatic heterocycles. The van der Waals surface area contributed by atoms with Crippen molar-refractivity contribution in [3.8, 4) is 0 Å². The summed E-state index contributed by atoms with van der Waals surface area (Å²) in [5, 5.41) is 0. The van der Waals surface area contributed by atoms with Gasteiger partial charge in [-0.3, -0.25) is 4.90 Å². The molecule has 1 atom stereocenters. The lowest BCUT2D eigenvalue weighted by molar-refractivity contribution is 0.329. The molecule has 81 valence electrons. The summed E-state index contributed by atoms with van der Waals surface area (Å²) in [5.41, 5.74) is 1.15. The molecule has 1 aromatic carbocycles. The predicted molar refractivity (Wildman–Crippen MR) is 62.8 cm³/mol. The van der Waals surface area contributed by atoms with Crippen LogP contribution in [0.15, 0.2) is 42.7 Å². The summed E-state index contributed by atoms with van der Waals surface area (Å²) in [5.74, 6) is 0.812. The van der Waals surface area contributed by atoms with Crippen LogP contribution in [0.3, 0.4) is 0 Å². The van der Waals surface area contributed by atoms with Crippen molar-refractivity contribution in [2.75, 3.05) is 14.1 Å². The van der Waals surface area contributed by atoms with Crippen molar-refractivity contribution in [3.63, 3.8) is 0 Å². The van der Waals surface area contributed by atoms with E-state index in [2.05, 4.69) is 27.0 Å². The number of rotatable bonds is 3. The average molecular weight is 212 g/mol. The second-order valence-electron chi connectivity index (χ2n) is 3.81. The van der Waals surface area contributed by atoms with Crippen LogP contribution in [0, 0.1) is 6.07 Å². The lowest BCUT2D eigenvalue weighted by Crippen LogP contribution is -2.23. The number of aromatic nitrogens is 2. The highest BCUT2D eigenvalue weighted by atomic mass is 15.1. The molecule has 0 saturated heterocycles. The number of benzene rings is 1. The van der Waals surface area contributed by atoms with E-state index >= 15 is 0 Å². The van der Waals surface area contributed by atoms with Crippen LogP contribution in [0.4, 0.5) is 0 Å². The molecule has 2 rings (SSSR count). The van der Waals surface area contributed by atoms with Crippen molar-refractivity contribution in [2.45, 2.75) is 6.04 Å². The predicted octanol–water partition coefficient (Wildman–Crippen LogP) is 1.93. The molecular weight excluding hydrogens is 198 g/mol. The average Bonchev–Trinajstić information content (AvgIpc) is 2.31. The summed E-state index contributed by atoms with van der Waals surface area (Å²) in [6.45, 7) is 0. The van der Waals surface area contributed by atoms with Gasteiger partial charge in [-0.15, -0.1) is 0 Å². The van der Waals surface area contributed by atoms with Gasteiger partial charge < -0.3 is 0 Å². The van der Waals surface area contributed by atoms with Gasteiger partial charge in [0.2, 0.25) is 0 Å². The van der Waals surface area contributed by atoms with Crippen LogP contribution in [0.2, 0.25) is 0 Å². The van der Waals surface area contributed by atoms with E-state index in [0.717, 1.165) is 11.4 Å². The molecule has 0 spiro atoms. The van der Waals surface area contributed by atoms with Crippen molar-refractivity contribution in [1.82, 2.24) is 14.9 Å². The Balaban J connectivity index is 2.40. The summed E-state index contributed by atoms with van der Waals surface area (Å²) in [6.07, 6.45) is 3.54. The Kier molecular flexibility index (Phi) is 3.27. The number of nitrogens with zero attached hydrogens (tertiary/aromatic N) is 3. The third-order valence-electron chi connectivity index (χ3n) is 2.39. The molecule has 1 radical (unpaired) electrons. The Bertz CT molecular complexity index is 386. The highest BCUT2D eigenvalue weighted by Gasteiger charge is 2.18. The van der Waals surface area contributed by atoms with E-state index in [4.69, 9.17) is 0 Å². The van der Waals surface area contributed by atoms with Gasteiger partial charge in [-0.2, -0.15) is 0 Å². The minimum atomic E-state index is 0.0821. The second-order valence-corrected chi connectivity index (χ2v) is 3.81. The van der Waals surface area contributed by atoms with Crippen molar-refractivity contribution >= 4 is 0 Å². The first-order valence-electron chi connectivity index (χ1n) is 5.18. The number of hydrogen-bond donors (Lipinski definition) is 0. The number of hydrogen-bond acceptors (Lipinski definition) is 3. The zero-order valence-electron chi connectivity index (χ0n) is 9.46. The van der Waals surface area contributed by atoms with E-state index in [0.29, 0.717) is 0 Å². The van der Waals surface area contributed by atoms with Crippen molar-refractivity contribution in [2.24, 2.45) is 0 Å². The molecule has 1 aromatic heterocycles. The topological polar surface area (TPSA) is 29.0 Å². The third-order valence-corrected chi connectivity index (χ3v) is 2.39. The van der Waals surface area contributed by atoms with Crippen LogP contribution in [0.1, 0.15) is 17.4 Å². The molecule has 0 saturated carbocycles. The van der Waals surface area contributed by atoms with Crippen molar-refractivity contribution in [3.05, 3.63) is 60.2 Å². The zero-order chi connectivity index (χ0) is 11.4. The third kappa shape index (κ3) is 2.25. The van der Waals surface area contributed by atoms with Gasteiger partial charge in [0.25, 0.3) is 0 Å². The van der Waals surface area contributed by atoms with Gasteiger partial charge in [-0.05, 0) is 37.9 Å². The zero-order valence-corrected chi connectivity index (χ0v) is 9.46. The summed E-state index contributed by atoms with van der Waals surface area (Å²) >= 11 is 0. The van der Waals surface area contributed by atoms with Gasteiger partial charge >= 0.3 is 0 Å². The van der Waals surface area contributed by atoms with Gasteiger partial charge in [-0.1, -0.05) is 18.2 Å². The van der Waals surface area contributed by atoms with Gasteiger partial charge in [0.05, 0.1) is 6.04 Å². The Morgan fingerprint density at radius 1 is 1.19 bits per heavy atom. The minimum absolute atomic E-state index is 0.0821. The SMILES string of the molecule is CN(C)C(c1c[c]ccc1)c1ncccn1. The van der Waals surface area contributed by atoms with E-state index in [9.17, 15) is 0 Å². The Morgan fingerprint density at radius 2 is 1.94 bits per heavy atom. The molecular formula is C13H14N3. The molecule has 0 N–H and O–H groups in total. The van der Waals surface area contributed by atoms with E-state index in [1.165, 1.54) is 0 Å². The first kappa shape index (κ1) is 10.8. The molecule has 1 heterocycles. The molecule has 0 bridgehead atoms. The molecule has 0 fully saturated rings. The molecule has 3 nitrogen and oxygen atoms in total. The monoisotopic (exact) mass is 212 g/mol. The van der Waals surface area contributed by atoms with Crippen LogP contribution in [-0.4, -0.2) is 29.0 Å². The van der Waals surface area contributed by atoms with E-state index < -0.39 is 0 Å². The molecule has 0 aliphatic rings. The van der Waals surface area contributed by atoms with Crippen LogP contribution in [0.25, 0.3) is 0 Å².